The lowest BCUT2D eigenvalue weighted by atomic mass is 10.1. The molecule has 138 valence electrons. The first kappa shape index (κ1) is 20.7. The smallest absolute Gasteiger partial charge is 0.137 e. The van der Waals surface area contributed by atoms with Gasteiger partial charge in [-0.1, -0.05) is 32.9 Å². The van der Waals surface area contributed by atoms with Gasteiger partial charge in [0.15, 0.2) is 0 Å². The molecule has 0 unspecified atom stereocenters. The lowest BCUT2D eigenvalue weighted by Gasteiger charge is -2.07. The molecule has 0 aliphatic heterocycles. The molecule has 0 aliphatic rings. The van der Waals surface area contributed by atoms with Gasteiger partial charge < -0.3 is 14.2 Å². The van der Waals surface area contributed by atoms with Crippen molar-refractivity contribution in [1.29, 1.82) is 0 Å². The highest BCUT2D eigenvalue weighted by Gasteiger charge is 2.06. The molecule has 0 atom stereocenters. The van der Waals surface area contributed by atoms with E-state index in [0.717, 1.165) is 5.69 Å². The summed E-state index contributed by atoms with van der Waals surface area (Å²) in [6, 6.07) is 0. The average Bonchev–Trinajstić information content (AvgIpc) is 3.01. The monoisotopic (exact) mass is 341 g/mol. The quantitative estimate of drug-likeness (QED) is 0.482. The third-order valence-corrected chi connectivity index (χ3v) is 3.49. The van der Waals surface area contributed by atoms with Crippen molar-refractivity contribution in [3.8, 4) is 0 Å². The van der Waals surface area contributed by atoms with Crippen molar-refractivity contribution in [2.45, 2.75) is 46.6 Å². The van der Waals surface area contributed by atoms with Crippen LogP contribution in [0, 0.1) is 5.92 Å². The van der Waals surface area contributed by atoms with E-state index in [4.69, 9.17) is 14.2 Å². The van der Waals surface area contributed by atoms with Gasteiger partial charge in [-0.25, -0.2) is 4.68 Å². The van der Waals surface area contributed by atoms with Crippen molar-refractivity contribution in [3.63, 3.8) is 0 Å². The van der Waals surface area contributed by atoms with Gasteiger partial charge in [-0.2, -0.15) is 0 Å². The summed E-state index contributed by atoms with van der Waals surface area (Å²) in [4.78, 5) is 11.4. The van der Waals surface area contributed by atoms with Crippen molar-refractivity contribution >= 4 is 5.78 Å². The van der Waals surface area contributed by atoms with E-state index in [9.17, 15) is 4.79 Å². The summed E-state index contributed by atoms with van der Waals surface area (Å²) < 4.78 is 18.1. The van der Waals surface area contributed by atoms with Crippen molar-refractivity contribution in [1.82, 2.24) is 15.0 Å². The highest BCUT2D eigenvalue weighted by atomic mass is 16.5. The molecule has 1 aromatic heterocycles. The summed E-state index contributed by atoms with van der Waals surface area (Å²) in [6.45, 7) is 11.8. The maximum absolute atomic E-state index is 11.4. The topological polar surface area (TPSA) is 75.5 Å². The lowest BCUT2D eigenvalue weighted by molar-refractivity contribution is -0.123. The normalized spacial score (nSPS) is 11.6. The highest BCUT2D eigenvalue weighted by molar-refractivity contribution is 5.80. The van der Waals surface area contributed by atoms with Gasteiger partial charge in [0.1, 0.15) is 5.78 Å². The van der Waals surface area contributed by atoms with Crippen LogP contribution >= 0.6 is 0 Å². The molecule has 0 saturated carbocycles. The van der Waals surface area contributed by atoms with E-state index >= 15 is 0 Å². The Morgan fingerprint density at radius 2 is 1.58 bits per heavy atom. The Hall–Kier alpha value is -1.31. The molecule has 0 aromatic carbocycles. The van der Waals surface area contributed by atoms with Crippen molar-refractivity contribution in [3.05, 3.63) is 11.9 Å². The maximum atomic E-state index is 11.4. The van der Waals surface area contributed by atoms with Crippen molar-refractivity contribution in [2.75, 3.05) is 39.6 Å². The largest absolute Gasteiger partial charge is 0.379 e. The van der Waals surface area contributed by atoms with E-state index in [1.54, 1.807) is 4.68 Å². The standard InChI is InChI=1S/C17H31N3O4/c1-14(2)16-13-20(19-18-16)6-8-23-10-12-24-11-9-22-7-5-17(21)15(3)4/h13-15H,5-12H2,1-4H3. The highest BCUT2D eigenvalue weighted by Crippen LogP contribution is 2.08. The number of Topliss-reactive ketones (excluding diaryl/α,β-unsaturated/α-hetero) is 1. The summed E-state index contributed by atoms with van der Waals surface area (Å²) in [6.07, 6.45) is 2.42. The van der Waals surface area contributed by atoms with Gasteiger partial charge in [0, 0.05) is 18.5 Å². The summed E-state index contributed by atoms with van der Waals surface area (Å²) in [5.41, 5.74) is 0.994. The Labute approximate surface area is 144 Å². The summed E-state index contributed by atoms with van der Waals surface area (Å²) in [5.74, 6) is 0.701. The molecule has 1 rings (SSSR count). The first-order valence-electron chi connectivity index (χ1n) is 8.66. The molecule has 0 N–H and O–H groups in total. The van der Waals surface area contributed by atoms with Crippen molar-refractivity contribution < 1.29 is 19.0 Å². The Morgan fingerprint density at radius 3 is 2.12 bits per heavy atom. The molecule has 7 heteroatoms. The first-order valence-corrected chi connectivity index (χ1v) is 8.66. The Balaban J connectivity index is 1.87. The van der Waals surface area contributed by atoms with E-state index in [-0.39, 0.29) is 11.7 Å². The Kier molecular flexibility index (Phi) is 10.5. The molecule has 0 fully saturated rings. The molecule has 7 nitrogen and oxygen atoms in total. The molecule has 24 heavy (non-hydrogen) atoms. The van der Waals surface area contributed by atoms with Crippen LogP contribution in [0.4, 0.5) is 0 Å². The van der Waals surface area contributed by atoms with E-state index in [0.29, 0.717) is 58.5 Å². The zero-order chi connectivity index (χ0) is 17.8. The van der Waals surface area contributed by atoms with Gasteiger partial charge in [-0.3, -0.25) is 4.79 Å². The Morgan fingerprint density at radius 1 is 1.00 bits per heavy atom. The summed E-state index contributed by atoms with van der Waals surface area (Å²) in [5, 5.41) is 8.15. The molecular formula is C17H31N3O4. The van der Waals surface area contributed by atoms with E-state index in [1.807, 2.05) is 20.0 Å². The molecule has 0 bridgehead atoms. The first-order chi connectivity index (χ1) is 11.5. The van der Waals surface area contributed by atoms with Crippen LogP contribution in [0.25, 0.3) is 0 Å². The minimum atomic E-state index is 0.0801. The lowest BCUT2D eigenvalue weighted by Crippen LogP contribution is -2.14. The summed E-state index contributed by atoms with van der Waals surface area (Å²) >= 11 is 0. The Bertz CT molecular complexity index is 460. The van der Waals surface area contributed by atoms with Gasteiger partial charge in [0.2, 0.25) is 0 Å². The van der Waals surface area contributed by atoms with Crippen LogP contribution in [0.1, 0.15) is 45.7 Å². The van der Waals surface area contributed by atoms with Gasteiger partial charge in [0.25, 0.3) is 0 Å². The van der Waals surface area contributed by atoms with Gasteiger partial charge in [-0.05, 0) is 5.92 Å². The second-order valence-corrected chi connectivity index (χ2v) is 6.27. The van der Waals surface area contributed by atoms with Crippen LogP contribution in [0.15, 0.2) is 6.20 Å². The van der Waals surface area contributed by atoms with Crippen LogP contribution in [0.5, 0.6) is 0 Å². The molecule has 0 aliphatic carbocycles. The van der Waals surface area contributed by atoms with Gasteiger partial charge >= 0.3 is 0 Å². The summed E-state index contributed by atoms with van der Waals surface area (Å²) in [7, 11) is 0. The number of aromatic nitrogens is 3. The number of rotatable bonds is 14. The van der Waals surface area contributed by atoms with Crippen LogP contribution in [0.2, 0.25) is 0 Å². The van der Waals surface area contributed by atoms with Crippen LogP contribution in [-0.2, 0) is 25.5 Å². The minimum Gasteiger partial charge on any atom is -0.379 e. The zero-order valence-corrected chi connectivity index (χ0v) is 15.4. The predicted molar refractivity (Wildman–Crippen MR) is 91.0 cm³/mol. The minimum absolute atomic E-state index is 0.0801. The number of ketones is 1. The third kappa shape index (κ3) is 9.10. The number of hydrogen-bond donors (Lipinski definition) is 0. The van der Waals surface area contributed by atoms with E-state index < -0.39 is 0 Å². The molecule has 0 radical (unpaired) electrons. The maximum Gasteiger partial charge on any atom is 0.137 e. The van der Waals surface area contributed by atoms with Gasteiger partial charge in [-0.15, -0.1) is 5.10 Å². The second-order valence-electron chi connectivity index (χ2n) is 6.27. The van der Waals surface area contributed by atoms with E-state index in [2.05, 4.69) is 24.2 Å². The van der Waals surface area contributed by atoms with Crippen LogP contribution in [0.3, 0.4) is 0 Å². The molecular weight excluding hydrogens is 310 g/mol. The second kappa shape index (κ2) is 12.1. The predicted octanol–water partition coefficient (Wildman–Crippen LogP) is 2.07. The molecule has 0 amide bonds. The van der Waals surface area contributed by atoms with Crippen LogP contribution in [-0.4, -0.2) is 60.4 Å². The SMILES string of the molecule is CC(C)C(=O)CCOCCOCCOCCn1cc(C(C)C)nn1. The fourth-order valence-electron chi connectivity index (χ4n) is 1.85. The third-order valence-electron chi connectivity index (χ3n) is 3.49. The molecule has 1 aromatic rings. The zero-order valence-electron chi connectivity index (χ0n) is 15.4. The van der Waals surface area contributed by atoms with Crippen LogP contribution < -0.4 is 0 Å². The number of hydrogen-bond acceptors (Lipinski definition) is 6. The number of carbonyl (C=O) groups excluding carboxylic acids is 1. The van der Waals surface area contributed by atoms with Gasteiger partial charge in [0.05, 0.1) is 51.9 Å². The molecule has 1 heterocycles. The molecule has 0 spiro atoms. The number of carbonyl (C=O) groups is 1. The van der Waals surface area contributed by atoms with E-state index in [1.165, 1.54) is 0 Å². The van der Waals surface area contributed by atoms with Crippen molar-refractivity contribution in [2.24, 2.45) is 5.92 Å². The fraction of sp³-hybridized carbons (Fsp3) is 0.824. The fourth-order valence-corrected chi connectivity index (χ4v) is 1.85. The molecule has 0 saturated heterocycles. The number of nitrogens with zero attached hydrogens (tertiary/aromatic N) is 3. The average molecular weight is 341 g/mol. The number of ether oxygens (including phenoxy) is 3.